The van der Waals surface area contributed by atoms with E-state index in [1.54, 1.807) is 14.2 Å². The largest absolute Gasteiger partial charge is 0.493 e. The molecule has 2 aromatic carbocycles. The first-order chi connectivity index (χ1) is 10.8. The molecule has 0 amide bonds. The molecule has 0 aliphatic rings. The minimum absolute atomic E-state index is 0.657. The molecule has 0 spiro atoms. The number of rotatable bonds is 5. The Kier molecular flexibility index (Phi) is 3.88. The van der Waals surface area contributed by atoms with E-state index in [-0.39, 0.29) is 0 Å². The van der Waals surface area contributed by atoms with Crippen LogP contribution in [0.15, 0.2) is 59.5 Å². The Bertz CT molecular complexity index is 800. The predicted octanol–water partition coefficient (Wildman–Crippen LogP) is 4.85. The Morgan fingerprint density at radius 3 is 2.45 bits per heavy atom. The highest BCUT2D eigenvalue weighted by molar-refractivity contribution is 6.01. The number of hydrogen-bond acceptors (Lipinski definition) is 3. The van der Waals surface area contributed by atoms with Gasteiger partial charge in [0.25, 0.3) is 0 Å². The summed E-state index contributed by atoms with van der Waals surface area (Å²) in [4.78, 5) is 0. The van der Waals surface area contributed by atoms with Crippen LogP contribution in [0.1, 0.15) is 5.76 Å². The molecule has 0 aliphatic carbocycles. The SMILES string of the molecule is C=CCc1oc2ccc(OC)c(OC)c2c1-c1ccccc1. The molecule has 0 saturated carbocycles. The second-order valence-electron chi connectivity index (χ2n) is 4.93. The topological polar surface area (TPSA) is 31.6 Å². The monoisotopic (exact) mass is 294 g/mol. The second kappa shape index (κ2) is 5.98. The Balaban J connectivity index is 2.39. The highest BCUT2D eigenvalue weighted by atomic mass is 16.5. The Morgan fingerprint density at radius 1 is 1.05 bits per heavy atom. The standard InChI is InChI=1S/C19H18O3/c1-4-8-14-17(13-9-6-5-7-10-13)18-15(22-14)11-12-16(20-2)19(18)21-3/h4-7,9-12H,1,8H2,2-3H3. The lowest BCUT2D eigenvalue weighted by atomic mass is 10.00. The molecule has 0 fully saturated rings. The van der Waals surface area contributed by atoms with Crippen molar-refractivity contribution in [2.75, 3.05) is 14.2 Å². The van der Waals surface area contributed by atoms with Gasteiger partial charge in [0.1, 0.15) is 11.3 Å². The predicted molar refractivity (Wildman–Crippen MR) is 88.7 cm³/mol. The minimum Gasteiger partial charge on any atom is -0.493 e. The molecule has 3 rings (SSSR count). The van der Waals surface area contributed by atoms with E-state index in [0.29, 0.717) is 17.9 Å². The zero-order chi connectivity index (χ0) is 15.5. The van der Waals surface area contributed by atoms with Crippen molar-refractivity contribution in [1.29, 1.82) is 0 Å². The molecule has 0 atom stereocenters. The van der Waals surface area contributed by atoms with Gasteiger partial charge in [0.05, 0.1) is 19.6 Å². The normalized spacial score (nSPS) is 10.6. The van der Waals surface area contributed by atoms with Crippen LogP contribution in [0.2, 0.25) is 0 Å². The molecule has 1 aromatic heterocycles. The number of ether oxygens (including phenoxy) is 2. The first kappa shape index (κ1) is 14.3. The Hall–Kier alpha value is -2.68. The van der Waals surface area contributed by atoms with E-state index in [1.165, 1.54) is 0 Å². The van der Waals surface area contributed by atoms with Crippen molar-refractivity contribution >= 4 is 11.0 Å². The van der Waals surface area contributed by atoms with Gasteiger partial charge in [-0.05, 0) is 17.7 Å². The number of furan rings is 1. The molecule has 3 aromatic rings. The molecule has 3 heteroatoms. The van der Waals surface area contributed by atoms with Crippen molar-refractivity contribution in [3.8, 4) is 22.6 Å². The first-order valence-electron chi connectivity index (χ1n) is 7.12. The molecule has 3 nitrogen and oxygen atoms in total. The minimum atomic E-state index is 0.657. The summed E-state index contributed by atoms with van der Waals surface area (Å²) in [6.07, 6.45) is 2.50. The summed E-state index contributed by atoms with van der Waals surface area (Å²) in [7, 11) is 3.28. The fourth-order valence-corrected chi connectivity index (χ4v) is 2.74. The molecule has 0 bridgehead atoms. The average Bonchev–Trinajstić information content (AvgIpc) is 2.93. The third-order valence-electron chi connectivity index (χ3n) is 3.66. The van der Waals surface area contributed by atoms with E-state index in [0.717, 1.165) is 27.9 Å². The van der Waals surface area contributed by atoms with E-state index < -0.39 is 0 Å². The van der Waals surface area contributed by atoms with E-state index >= 15 is 0 Å². The van der Waals surface area contributed by atoms with Gasteiger partial charge in [-0.2, -0.15) is 0 Å². The lowest BCUT2D eigenvalue weighted by molar-refractivity contribution is 0.358. The van der Waals surface area contributed by atoms with Crippen LogP contribution in [-0.2, 0) is 6.42 Å². The molecule has 0 unspecified atom stereocenters. The summed E-state index contributed by atoms with van der Waals surface area (Å²) in [6, 6.07) is 13.9. The summed E-state index contributed by atoms with van der Waals surface area (Å²) >= 11 is 0. The number of fused-ring (bicyclic) bond motifs is 1. The number of hydrogen-bond donors (Lipinski definition) is 0. The van der Waals surface area contributed by atoms with Gasteiger partial charge in [-0.25, -0.2) is 0 Å². The van der Waals surface area contributed by atoms with Crippen molar-refractivity contribution in [1.82, 2.24) is 0 Å². The van der Waals surface area contributed by atoms with Crippen LogP contribution in [0, 0.1) is 0 Å². The van der Waals surface area contributed by atoms with Crippen LogP contribution in [0.5, 0.6) is 11.5 Å². The summed E-state index contributed by atoms with van der Waals surface area (Å²) in [5.74, 6) is 2.26. The van der Waals surface area contributed by atoms with Crippen LogP contribution in [-0.4, -0.2) is 14.2 Å². The molecule has 0 aliphatic heterocycles. The summed E-state index contributed by atoms with van der Waals surface area (Å²) in [5, 5.41) is 0.935. The highest BCUT2D eigenvalue weighted by Crippen LogP contribution is 2.44. The second-order valence-corrected chi connectivity index (χ2v) is 4.93. The maximum Gasteiger partial charge on any atom is 0.172 e. The fourth-order valence-electron chi connectivity index (χ4n) is 2.74. The maximum absolute atomic E-state index is 6.03. The number of allylic oxidation sites excluding steroid dienone is 1. The molecule has 0 N–H and O–H groups in total. The maximum atomic E-state index is 6.03. The Morgan fingerprint density at radius 2 is 1.82 bits per heavy atom. The van der Waals surface area contributed by atoms with Crippen molar-refractivity contribution in [3.63, 3.8) is 0 Å². The van der Waals surface area contributed by atoms with Crippen LogP contribution in [0.25, 0.3) is 22.1 Å². The average molecular weight is 294 g/mol. The number of benzene rings is 2. The number of methoxy groups -OCH3 is 2. The van der Waals surface area contributed by atoms with Crippen molar-refractivity contribution in [2.45, 2.75) is 6.42 Å². The van der Waals surface area contributed by atoms with Crippen molar-refractivity contribution in [3.05, 3.63) is 60.9 Å². The van der Waals surface area contributed by atoms with Crippen LogP contribution >= 0.6 is 0 Å². The third kappa shape index (κ3) is 2.25. The van der Waals surface area contributed by atoms with Crippen molar-refractivity contribution in [2.24, 2.45) is 0 Å². The van der Waals surface area contributed by atoms with Gasteiger partial charge in [0.2, 0.25) is 0 Å². The van der Waals surface area contributed by atoms with Gasteiger partial charge in [0.15, 0.2) is 11.5 Å². The molecular formula is C19H18O3. The fraction of sp³-hybridized carbons (Fsp3) is 0.158. The Labute approximate surface area is 129 Å². The third-order valence-corrected chi connectivity index (χ3v) is 3.66. The summed E-state index contributed by atoms with van der Waals surface area (Å²) in [6.45, 7) is 3.82. The molecule has 0 radical (unpaired) electrons. The van der Waals surface area contributed by atoms with E-state index in [9.17, 15) is 0 Å². The summed E-state index contributed by atoms with van der Waals surface area (Å²) < 4.78 is 17.0. The van der Waals surface area contributed by atoms with Crippen LogP contribution < -0.4 is 9.47 Å². The molecule has 1 heterocycles. The molecular weight excluding hydrogens is 276 g/mol. The van der Waals surface area contributed by atoms with Gasteiger partial charge >= 0.3 is 0 Å². The quantitative estimate of drug-likeness (QED) is 0.631. The van der Waals surface area contributed by atoms with Gasteiger partial charge in [0, 0.05) is 12.0 Å². The van der Waals surface area contributed by atoms with E-state index in [2.05, 4.69) is 18.7 Å². The van der Waals surface area contributed by atoms with E-state index in [4.69, 9.17) is 13.9 Å². The smallest absolute Gasteiger partial charge is 0.172 e. The zero-order valence-electron chi connectivity index (χ0n) is 12.8. The van der Waals surface area contributed by atoms with E-state index in [1.807, 2.05) is 36.4 Å². The molecule has 0 saturated heterocycles. The highest BCUT2D eigenvalue weighted by Gasteiger charge is 2.21. The first-order valence-corrected chi connectivity index (χ1v) is 7.12. The van der Waals surface area contributed by atoms with Gasteiger partial charge in [-0.15, -0.1) is 6.58 Å². The molecule has 112 valence electrons. The van der Waals surface area contributed by atoms with Crippen LogP contribution in [0.4, 0.5) is 0 Å². The van der Waals surface area contributed by atoms with Gasteiger partial charge in [-0.3, -0.25) is 0 Å². The van der Waals surface area contributed by atoms with Gasteiger partial charge < -0.3 is 13.9 Å². The summed E-state index contributed by atoms with van der Waals surface area (Å²) in [5.41, 5.74) is 2.91. The molecule has 22 heavy (non-hydrogen) atoms. The lowest BCUT2D eigenvalue weighted by Crippen LogP contribution is -1.91. The lowest BCUT2D eigenvalue weighted by Gasteiger charge is -2.09. The van der Waals surface area contributed by atoms with Crippen molar-refractivity contribution < 1.29 is 13.9 Å². The zero-order valence-corrected chi connectivity index (χ0v) is 12.8. The van der Waals surface area contributed by atoms with Gasteiger partial charge in [-0.1, -0.05) is 36.4 Å². The van der Waals surface area contributed by atoms with Crippen LogP contribution in [0.3, 0.4) is 0 Å².